The molecule has 0 bridgehead atoms. The van der Waals surface area contributed by atoms with Gasteiger partial charge in [0.15, 0.2) is 11.8 Å². The molecule has 0 saturated heterocycles. The number of aliphatic hydroxyl groups excluding tert-OH is 2. The largest absolute Gasteiger partial charge is 0.479 e. The zero-order chi connectivity index (χ0) is 15.2. The summed E-state index contributed by atoms with van der Waals surface area (Å²) in [4.78, 5) is 16.3. The Bertz CT molecular complexity index is 547. The predicted molar refractivity (Wildman–Crippen MR) is 76.0 cm³/mol. The Morgan fingerprint density at radius 1 is 1.50 bits per heavy atom. The van der Waals surface area contributed by atoms with Gasteiger partial charge in [-0.25, -0.2) is 4.79 Å². The molecule has 7 nitrogen and oxygen atoms in total. The number of hydrogen-bond donors (Lipinski definition) is 4. The van der Waals surface area contributed by atoms with Crippen molar-refractivity contribution in [2.24, 2.45) is 0 Å². The third-order valence-corrected chi connectivity index (χ3v) is 5.09. The fourth-order valence-electron chi connectivity index (χ4n) is 1.76. The second kappa shape index (κ2) is 5.24. The molecular weight excluding hydrogens is 352 g/mol. The summed E-state index contributed by atoms with van der Waals surface area (Å²) >= 11 is 4.70. The summed E-state index contributed by atoms with van der Waals surface area (Å²) in [5.41, 5.74) is -0.227. The van der Waals surface area contributed by atoms with Crippen molar-refractivity contribution in [3.63, 3.8) is 0 Å². The summed E-state index contributed by atoms with van der Waals surface area (Å²) < 4.78 is 0.820. The Labute approximate surface area is 127 Å². The van der Waals surface area contributed by atoms with E-state index in [4.69, 9.17) is 9.94 Å². The highest BCUT2D eigenvalue weighted by Crippen LogP contribution is 2.45. The maximum atomic E-state index is 11.1. The normalized spacial score (nSPS) is 23.3. The quantitative estimate of drug-likeness (QED) is 0.644. The van der Waals surface area contributed by atoms with Crippen molar-refractivity contribution < 1.29 is 25.0 Å². The maximum Gasteiger partial charge on any atom is 0.337 e. The number of thiophene rings is 1. The van der Waals surface area contributed by atoms with Crippen molar-refractivity contribution in [2.75, 3.05) is 5.32 Å². The zero-order valence-corrected chi connectivity index (χ0v) is 13.4. The summed E-state index contributed by atoms with van der Waals surface area (Å²) in [6.45, 7) is 4.48. The van der Waals surface area contributed by atoms with E-state index in [9.17, 15) is 15.0 Å². The van der Waals surface area contributed by atoms with Crippen LogP contribution >= 0.6 is 27.3 Å². The molecule has 1 aliphatic heterocycles. The van der Waals surface area contributed by atoms with Crippen LogP contribution in [0.25, 0.3) is 0 Å². The van der Waals surface area contributed by atoms with Gasteiger partial charge in [0.2, 0.25) is 6.35 Å². The monoisotopic (exact) mass is 366 g/mol. The summed E-state index contributed by atoms with van der Waals surface area (Å²) in [7, 11) is 0. The van der Waals surface area contributed by atoms with Crippen LogP contribution < -0.4 is 5.32 Å². The van der Waals surface area contributed by atoms with Crippen LogP contribution in [0.4, 0.5) is 5.00 Å². The Morgan fingerprint density at radius 2 is 2.10 bits per heavy atom. The van der Waals surface area contributed by atoms with Crippen LogP contribution in [0.5, 0.6) is 0 Å². The molecule has 1 aliphatic rings. The molecule has 2 heterocycles. The molecule has 1 aromatic heterocycles. The van der Waals surface area contributed by atoms with Gasteiger partial charge in [0.05, 0.1) is 3.79 Å². The van der Waals surface area contributed by atoms with Crippen LogP contribution in [-0.2, 0) is 9.63 Å². The van der Waals surface area contributed by atoms with Crippen molar-refractivity contribution in [1.82, 2.24) is 5.06 Å². The van der Waals surface area contributed by atoms with Gasteiger partial charge in [0.25, 0.3) is 0 Å². The van der Waals surface area contributed by atoms with Crippen molar-refractivity contribution in [3.05, 3.63) is 14.9 Å². The van der Waals surface area contributed by atoms with Crippen LogP contribution in [0.15, 0.2) is 3.79 Å². The number of anilines is 1. The average molecular weight is 367 g/mol. The third kappa shape index (κ3) is 2.57. The topological polar surface area (TPSA) is 102 Å². The molecule has 112 valence electrons. The van der Waals surface area contributed by atoms with Crippen molar-refractivity contribution in [1.29, 1.82) is 0 Å². The van der Waals surface area contributed by atoms with E-state index in [1.807, 2.05) is 6.92 Å². The zero-order valence-electron chi connectivity index (χ0n) is 11.0. The highest BCUT2D eigenvalue weighted by molar-refractivity contribution is 9.11. The number of hydroxylamine groups is 2. The molecule has 0 spiro atoms. The Morgan fingerprint density at radius 3 is 2.65 bits per heavy atom. The van der Waals surface area contributed by atoms with E-state index < -0.39 is 24.2 Å². The van der Waals surface area contributed by atoms with Gasteiger partial charge in [0.1, 0.15) is 5.00 Å². The van der Waals surface area contributed by atoms with Gasteiger partial charge >= 0.3 is 5.97 Å². The van der Waals surface area contributed by atoms with E-state index in [0.717, 1.165) is 14.4 Å². The van der Waals surface area contributed by atoms with Crippen LogP contribution in [0, 0.1) is 6.92 Å². The number of carboxylic acid groups (broad SMARTS) is 1. The molecule has 0 fully saturated rings. The first-order valence-corrected chi connectivity index (χ1v) is 7.38. The highest BCUT2D eigenvalue weighted by atomic mass is 79.9. The standard InChI is InChI=1S/C11H15BrN2O5S/c1-4-5-7(20-6(4)12)13-10(18)14(8(5)15)19-11(2,3)9(16)17/h8,10,13,15,18H,1-3H3,(H,16,17). The number of fused-ring (bicyclic) bond motifs is 1. The Balaban J connectivity index is 2.33. The lowest BCUT2D eigenvalue weighted by molar-refractivity contribution is -0.338. The molecule has 2 atom stereocenters. The average Bonchev–Trinajstić information content (AvgIpc) is 2.60. The number of nitrogens with zero attached hydrogens (tertiary/aromatic N) is 1. The predicted octanol–water partition coefficient (Wildman–Crippen LogP) is 1.61. The summed E-state index contributed by atoms with van der Waals surface area (Å²) in [5, 5.41) is 33.5. The fraction of sp³-hybridized carbons (Fsp3) is 0.545. The lowest BCUT2D eigenvalue weighted by atomic mass is 10.1. The summed E-state index contributed by atoms with van der Waals surface area (Å²) in [5.74, 6) is -1.20. The summed E-state index contributed by atoms with van der Waals surface area (Å²) in [6, 6.07) is 0. The first-order valence-electron chi connectivity index (χ1n) is 5.77. The lowest BCUT2D eigenvalue weighted by Crippen LogP contribution is -2.52. The van der Waals surface area contributed by atoms with Gasteiger partial charge in [0, 0.05) is 5.56 Å². The van der Waals surface area contributed by atoms with E-state index in [1.54, 1.807) is 0 Å². The molecule has 0 radical (unpaired) electrons. The molecule has 20 heavy (non-hydrogen) atoms. The van der Waals surface area contributed by atoms with Gasteiger partial charge in [-0.05, 0) is 42.3 Å². The molecule has 9 heteroatoms. The molecule has 2 rings (SSSR count). The number of aliphatic hydroxyl groups is 2. The number of aliphatic carboxylic acids is 1. The van der Waals surface area contributed by atoms with E-state index in [0.29, 0.717) is 10.6 Å². The molecule has 0 aliphatic carbocycles. The van der Waals surface area contributed by atoms with Crippen LogP contribution in [0.3, 0.4) is 0 Å². The van der Waals surface area contributed by atoms with Crippen molar-refractivity contribution >= 4 is 38.2 Å². The third-order valence-electron chi connectivity index (χ3n) is 2.98. The number of halogens is 1. The van der Waals surface area contributed by atoms with E-state index in [-0.39, 0.29) is 0 Å². The van der Waals surface area contributed by atoms with Crippen LogP contribution in [-0.4, -0.2) is 38.3 Å². The van der Waals surface area contributed by atoms with Gasteiger partial charge in [-0.3, -0.25) is 4.84 Å². The van der Waals surface area contributed by atoms with Crippen molar-refractivity contribution in [3.8, 4) is 0 Å². The van der Waals surface area contributed by atoms with Crippen molar-refractivity contribution in [2.45, 2.75) is 39.0 Å². The molecule has 4 N–H and O–H groups in total. The molecule has 0 aromatic carbocycles. The number of rotatable bonds is 3. The number of carboxylic acids is 1. The number of nitrogens with one attached hydrogen (secondary N) is 1. The SMILES string of the molecule is Cc1c(Br)sc2c1C(O)N(OC(C)(C)C(=O)O)C(O)N2. The lowest BCUT2D eigenvalue weighted by Gasteiger charge is -2.39. The summed E-state index contributed by atoms with van der Waals surface area (Å²) in [6.07, 6.45) is -2.61. The Kier molecular flexibility index (Phi) is 4.11. The fourth-order valence-corrected chi connectivity index (χ4v) is 3.43. The van der Waals surface area contributed by atoms with Gasteiger partial charge in [-0.2, -0.15) is 0 Å². The molecule has 0 amide bonds. The molecular formula is C11H15BrN2O5S. The molecule has 1 aromatic rings. The minimum atomic E-state index is -1.58. The first kappa shape index (κ1) is 15.7. The first-order chi connectivity index (χ1) is 9.15. The van der Waals surface area contributed by atoms with Gasteiger partial charge < -0.3 is 20.6 Å². The van der Waals surface area contributed by atoms with Crippen LogP contribution in [0.2, 0.25) is 0 Å². The van der Waals surface area contributed by atoms with E-state index >= 15 is 0 Å². The second-order valence-corrected chi connectivity index (χ2v) is 7.24. The minimum absolute atomic E-state index is 0.549. The van der Waals surface area contributed by atoms with Crippen LogP contribution in [0.1, 0.15) is 31.2 Å². The number of carbonyl (C=O) groups is 1. The Hall–Kier alpha value is -0.710. The minimum Gasteiger partial charge on any atom is -0.479 e. The van der Waals surface area contributed by atoms with Gasteiger partial charge in [-0.1, -0.05) is 0 Å². The highest BCUT2D eigenvalue weighted by Gasteiger charge is 2.41. The number of hydrogen-bond acceptors (Lipinski definition) is 7. The molecule has 0 saturated carbocycles. The maximum absolute atomic E-state index is 11.1. The second-order valence-electron chi connectivity index (χ2n) is 4.90. The van der Waals surface area contributed by atoms with E-state index in [2.05, 4.69) is 21.2 Å². The van der Waals surface area contributed by atoms with Gasteiger partial charge in [-0.15, -0.1) is 16.4 Å². The smallest absolute Gasteiger partial charge is 0.337 e. The van der Waals surface area contributed by atoms with E-state index in [1.165, 1.54) is 25.2 Å². The molecule has 2 unspecified atom stereocenters.